The van der Waals surface area contributed by atoms with Gasteiger partial charge in [-0.15, -0.1) is 0 Å². The number of amides is 1. The molecule has 0 aromatic rings. The first-order valence-corrected chi connectivity index (χ1v) is 6.96. The highest BCUT2D eigenvalue weighted by Gasteiger charge is 2.32. The average molecular weight is 280 g/mol. The molecule has 1 N–H and O–H groups in total. The van der Waals surface area contributed by atoms with E-state index in [1.165, 1.54) is 0 Å². The molecule has 112 valence electrons. The first kappa shape index (κ1) is 16.3. The summed E-state index contributed by atoms with van der Waals surface area (Å²) in [4.78, 5) is 13.9. The molecule has 19 heavy (non-hydrogen) atoms. The molecular weight excluding hydrogens is 257 g/mol. The van der Waals surface area contributed by atoms with Gasteiger partial charge in [-0.05, 0) is 45.6 Å². The number of piperidine rings is 1. The molecule has 3 nitrogen and oxygen atoms in total. The zero-order valence-corrected chi connectivity index (χ0v) is 11.6. The molecule has 6 heteroatoms. The average Bonchev–Trinajstić information content (AvgIpc) is 2.37. The van der Waals surface area contributed by atoms with Crippen LogP contribution in [0.2, 0.25) is 0 Å². The Morgan fingerprint density at radius 3 is 2.47 bits per heavy atom. The van der Waals surface area contributed by atoms with Crippen molar-refractivity contribution in [2.75, 3.05) is 19.6 Å². The molecule has 0 bridgehead atoms. The number of halogens is 3. The fraction of sp³-hybridized carbons (Fsp3) is 0.923. The minimum atomic E-state index is -4.09. The van der Waals surface area contributed by atoms with Gasteiger partial charge in [-0.25, -0.2) is 0 Å². The van der Waals surface area contributed by atoms with Crippen molar-refractivity contribution in [2.24, 2.45) is 5.92 Å². The SMILES string of the molecule is CCN(CC)C(=O)C1CC(CCC(F)(F)F)CCN1. The Morgan fingerprint density at radius 2 is 1.95 bits per heavy atom. The fourth-order valence-corrected chi connectivity index (χ4v) is 2.57. The van der Waals surface area contributed by atoms with Gasteiger partial charge in [0, 0.05) is 19.5 Å². The first-order valence-electron chi connectivity index (χ1n) is 6.96. The molecule has 0 spiro atoms. The summed E-state index contributed by atoms with van der Waals surface area (Å²) in [7, 11) is 0. The number of carbonyl (C=O) groups excluding carboxylic acids is 1. The Hall–Kier alpha value is -0.780. The van der Waals surface area contributed by atoms with Gasteiger partial charge in [0.25, 0.3) is 0 Å². The van der Waals surface area contributed by atoms with E-state index in [1.54, 1.807) is 4.90 Å². The topological polar surface area (TPSA) is 32.3 Å². The van der Waals surface area contributed by atoms with Crippen molar-refractivity contribution in [1.29, 1.82) is 0 Å². The van der Waals surface area contributed by atoms with Crippen molar-refractivity contribution in [1.82, 2.24) is 10.2 Å². The Morgan fingerprint density at radius 1 is 1.32 bits per heavy atom. The number of carbonyl (C=O) groups is 1. The highest BCUT2D eigenvalue weighted by Crippen LogP contribution is 2.29. The van der Waals surface area contributed by atoms with Crippen LogP contribution in [0.5, 0.6) is 0 Å². The van der Waals surface area contributed by atoms with E-state index in [1.807, 2.05) is 13.8 Å². The summed E-state index contributed by atoms with van der Waals surface area (Å²) in [6.45, 7) is 5.72. The van der Waals surface area contributed by atoms with Gasteiger partial charge in [0.2, 0.25) is 5.91 Å². The summed E-state index contributed by atoms with van der Waals surface area (Å²) in [5, 5.41) is 3.12. The van der Waals surface area contributed by atoms with Crippen LogP contribution in [-0.2, 0) is 4.79 Å². The summed E-state index contributed by atoms with van der Waals surface area (Å²) < 4.78 is 36.6. The quantitative estimate of drug-likeness (QED) is 0.839. The molecule has 1 fully saturated rings. The number of likely N-dealkylation sites (N-methyl/N-ethyl adjacent to an activating group) is 1. The highest BCUT2D eigenvalue weighted by atomic mass is 19.4. The molecule has 0 aromatic heterocycles. The van der Waals surface area contributed by atoms with E-state index < -0.39 is 12.6 Å². The maximum absolute atomic E-state index is 12.2. The van der Waals surface area contributed by atoms with E-state index in [4.69, 9.17) is 0 Å². The number of rotatable bonds is 5. The van der Waals surface area contributed by atoms with Crippen LogP contribution in [0.1, 0.15) is 39.5 Å². The molecule has 1 aliphatic rings. The maximum atomic E-state index is 12.2. The summed E-state index contributed by atoms with van der Waals surface area (Å²) in [5.41, 5.74) is 0. The second kappa shape index (κ2) is 7.12. The van der Waals surface area contributed by atoms with Gasteiger partial charge in [-0.1, -0.05) is 0 Å². The number of nitrogens with one attached hydrogen (secondary N) is 1. The van der Waals surface area contributed by atoms with Crippen molar-refractivity contribution < 1.29 is 18.0 Å². The maximum Gasteiger partial charge on any atom is 0.389 e. The molecule has 1 amide bonds. The molecule has 1 heterocycles. The number of nitrogens with zero attached hydrogens (tertiary/aromatic N) is 1. The Kier molecular flexibility index (Phi) is 6.10. The largest absolute Gasteiger partial charge is 0.389 e. The van der Waals surface area contributed by atoms with Crippen LogP contribution in [0.15, 0.2) is 0 Å². The normalized spacial score (nSPS) is 24.3. The zero-order chi connectivity index (χ0) is 14.5. The number of alkyl halides is 3. The molecule has 1 aliphatic heterocycles. The lowest BCUT2D eigenvalue weighted by Gasteiger charge is -2.33. The van der Waals surface area contributed by atoms with Gasteiger partial charge in [0.05, 0.1) is 6.04 Å². The monoisotopic (exact) mass is 280 g/mol. The second-order valence-corrected chi connectivity index (χ2v) is 5.06. The summed E-state index contributed by atoms with van der Waals surface area (Å²) >= 11 is 0. The van der Waals surface area contributed by atoms with Crippen LogP contribution in [0.4, 0.5) is 13.2 Å². The summed E-state index contributed by atoms with van der Waals surface area (Å²) in [5.74, 6) is 0.00842. The Balaban J connectivity index is 2.47. The van der Waals surface area contributed by atoms with Gasteiger partial charge < -0.3 is 10.2 Å². The predicted octanol–water partition coefficient (Wildman–Crippen LogP) is 2.57. The molecule has 2 unspecified atom stereocenters. The Labute approximate surface area is 112 Å². The van der Waals surface area contributed by atoms with Crippen LogP contribution < -0.4 is 5.32 Å². The smallest absolute Gasteiger partial charge is 0.342 e. The third-order valence-electron chi connectivity index (χ3n) is 3.72. The lowest BCUT2D eigenvalue weighted by Crippen LogP contribution is -2.50. The number of hydrogen-bond acceptors (Lipinski definition) is 2. The van der Waals surface area contributed by atoms with Crippen molar-refractivity contribution in [3.8, 4) is 0 Å². The van der Waals surface area contributed by atoms with E-state index >= 15 is 0 Å². The van der Waals surface area contributed by atoms with E-state index in [9.17, 15) is 18.0 Å². The first-order chi connectivity index (χ1) is 8.87. The lowest BCUT2D eigenvalue weighted by molar-refractivity contribution is -0.139. The van der Waals surface area contributed by atoms with Crippen molar-refractivity contribution in [3.05, 3.63) is 0 Å². The molecule has 1 rings (SSSR count). The summed E-state index contributed by atoms with van der Waals surface area (Å²) in [6, 6.07) is -0.313. The zero-order valence-electron chi connectivity index (χ0n) is 11.6. The van der Waals surface area contributed by atoms with E-state index in [-0.39, 0.29) is 24.3 Å². The molecule has 0 radical (unpaired) electrons. The highest BCUT2D eigenvalue weighted by molar-refractivity contribution is 5.82. The molecule has 0 aromatic carbocycles. The molecule has 2 atom stereocenters. The van der Waals surface area contributed by atoms with Crippen LogP contribution in [-0.4, -0.2) is 42.7 Å². The van der Waals surface area contributed by atoms with Crippen LogP contribution in [0.3, 0.4) is 0 Å². The fourth-order valence-electron chi connectivity index (χ4n) is 2.57. The van der Waals surface area contributed by atoms with E-state index in [2.05, 4.69) is 5.32 Å². The Bertz CT molecular complexity index is 290. The van der Waals surface area contributed by atoms with Gasteiger partial charge >= 0.3 is 6.18 Å². The van der Waals surface area contributed by atoms with Gasteiger partial charge in [0.1, 0.15) is 0 Å². The predicted molar refractivity (Wildman–Crippen MR) is 67.7 cm³/mol. The lowest BCUT2D eigenvalue weighted by atomic mass is 9.88. The molecule has 0 saturated carbocycles. The minimum Gasteiger partial charge on any atom is -0.342 e. The third kappa shape index (κ3) is 5.38. The van der Waals surface area contributed by atoms with Crippen molar-refractivity contribution in [3.63, 3.8) is 0 Å². The van der Waals surface area contributed by atoms with Crippen LogP contribution in [0.25, 0.3) is 0 Å². The van der Waals surface area contributed by atoms with Crippen LogP contribution >= 0.6 is 0 Å². The van der Waals surface area contributed by atoms with Gasteiger partial charge in [-0.3, -0.25) is 4.79 Å². The van der Waals surface area contributed by atoms with Crippen molar-refractivity contribution >= 4 is 5.91 Å². The standard InChI is InChI=1S/C13H23F3N2O/c1-3-18(4-2)12(19)11-9-10(6-8-17-11)5-7-13(14,15)16/h10-11,17H,3-9H2,1-2H3. The third-order valence-corrected chi connectivity index (χ3v) is 3.72. The summed E-state index contributed by atoms with van der Waals surface area (Å²) in [6.07, 6.45) is -3.47. The number of hydrogen-bond donors (Lipinski definition) is 1. The molecular formula is C13H23F3N2O. The van der Waals surface area contributed by atoms with Gasteiger partial charge in [0.15, 0.2) is 0 Å². The van der Waals surface area contributed by atoms with E-state index in [0.29, 0.717) is 26.1 Å². The second-order valence-electron chi connectivity index (χ2n) is 5.06. The molecule has 0 aliphatic carbocycles. The molecule has 1 saturated heterocycles. The van der Waals surface area contributed by atoms with Gasteiger partial charge in [-0.2, -0.15) is 13.2 Å². The minimum absolute atomic E-state index is 0.00705. The van der Waals surface area contributed by atoms with E-state index in [0.717, 1.165) is 6.42 Å². The van der Waals surface area contributed by atoms with Crippen molar-refractivity contribution in [2.45, 2.75) is 51.7 Å². The van der Waals surface area contributed by atoms with Crippen LogP contribution in [0, 0.1) is 5.92 Å².